The number of rotatable bonds is 6. The van der Waals surface area contributed by atoms with E-state index in [1.807, 2.05) is 13.0 Å². The maximum atomic E-state index is 13.1. The Morgan fingerprint density at radius 3 is 2.61 bits per heavy atom. The number of amides is 2. The molecular formula is C26H25N7O2S. The Morgan fingerprint density at radius 1 is 1.11 bits per heavy atom. The number of aryl methyl sites for hydroxylation is 1. The fraction of sp³-hybridized carbons (Fsp3) is 0.192. The van der Waals surface area contributed by atoms with Crippen LogP contribution in [0.3, 0.4) is 0 Å². The molecule has 2 aromatic carbocycles. The summed E-state index contributed by atoms with van der Waals surface area (Å²) >= 11 is 1.16. The number of carbonyl (C=O) groups excluding carboxylic acids is 2. The van der Waals surface area contributed by atoms with Crippen LogP contribution < -0.4 is 21.7 Å². The number of nitrogens with one attached hydrogen (secondary N) is 3. The van der Waals surface area contributed by atoms with Gasteiger partial charge >= 0.3 is 0 Å². The van der Waals surface area contributed by atoms with Gasteiger partial charge in [-0.25, -0.2) is 9.97 Å². The van der Waals surface area contributed by atoms with Crippen LogP contribution in [0.1, 0.15) is 45.0 Å². The fourth-order valence-electron chi connectivity index (χ4n) is 3.51. The van der Waals surface area contributed by atoms with Gasteiger partial charge in [-0.1, -0.05) is 18.2 Å². The molecule has 9 nitrogen and oxygen atoms in total. The summed E-state index contributed by atoms with van der Waals surface area (Å²) in [4.78, 5) is 35.5. The van der Waals surface area contributed by atoms with E-state index in [4.69, 9.17) is 5.73 Å². The number of thiophene rings is 1. The Balaban J connectivity index is 1.55. The third-order valence-electron chi connectivity index (χ3n) is 5.77. The Labute approximate surface area is 212 Å². The van der Waals surface area contributed by atoms with Crippen molar-refractivity contribution in [3.05, 3.63) is 70.2 Å². The van der Waals surface area contributed by atoms with Crippen LogP contribution in [0.15, 0.2) is 48.7 Å². The van der Waals surface area contributed by atoms with Crippen LogP contribution in [0.25, 0.3) is 10.3 Å². The van der Waals surface area contributed by atoms with Crippen LogP contribution in [-0.2, 0) is 5.41 Å². The lowest BCUT2D eigenvalue weighted by Gasteiger charge is -2.17. The Bertz CT molecular complexity index is 1540. The maximum Gasteiger partial charge on any atom is 0.268 e. The largest absolute Gasteiger partial charge is 0.396 e. The first kappa shape index (κ1) is 24.6. The van der Waals surface area contributed by atoms with Crippen LogP contribution in [0, 0.1) is 18.3 Å². The van der Waals surface area contributed by atoms with Gasteiger partial charge < -0.3 is 21.7 Å². The molecule has 0 bridgehead atoms. The average molecular weight is 500 g/mol. The van der Waals surface area contributed by atoms with Gasteiger partial charge in [0.05, 0.1) is 23.4 Å². The Morgan fingerprint density at radius 2 is 1.89 bits per heavy atom. The lowest BCUT2D eigenvalue weighted by Crippen LogP contribution is -2.17. The van der Waals surface area contributed by atoms with Gasteiger partial charge in [-0.2, -0.15) is 5.26 Å². The Kier molecular flexibility index (Phi) is 6.59. The molecule has 0 saturated heterocycles. The number of anilines is 4. The monoisotopic (exact) mass is 499 g/mol. The molecular weight excluding hydrogens is 474 g/mol. The molecule has 0 fully saturated rings. The van der Waals surface area contributed by atoms with Crippen LogP contribution in [-0.4, -0.2) is 28.8 Å². The van der Waals surface area contributed by atoms with Gasteiger partial charge in [0.1, 0.15) is 21.0 Å². The summed E-state index contributed by atoms with van der Waals surface area (Å²) in [6.07, 6.45) is 1.58. The number of nitrogen functional groups attached to an aromatic ring is 1. The van der Waals surface area contributed by atoms with Gasteiger partial charge in [-0.3, -0.25) is 9.59 Å². The first-order valence-corrected chi connectivity index (χ1v) is 11.9. The quantitative estimate of drug-likeness (QED) is 0.294. The van der Waals surface area contributed by atoms with Crippen LogP contribution in [0.4, 0.5) is 22.9 Å². The van der Waals surface area contributed by atoms with Crippen molar-refractivity contribution in [1.29, 1.82) is 5.26 Å². The van der Waals surface area contributed by atoms with Gasteiger partial charge in [0, 0.05) is 24.0 Å². The summed E-state index contributed by atoms with van der Waals surface area (Å²) in [6.45, 7) is 5.45. The van der Waals surface area contributed by atoms with Crippen molar-refractivity contribution in [2.45, 2.75) is 26.2 Å². The third kappa shape index (κ3) is 4.82. The second-order valence-electron chi connectivity index (χ2n) is 8.76. The van der Waals surface area contributed by atoms with Crippen molar-refractivity contribution in [2.24, 2.45) is 0 Å². The summed E-state index contributed by atoms with van der Waals surface area (Å²) in [5.41, 5.74) is 9.27. The topological polar surface area (TPSA) is 146 Å². The van der Waals surface area contributed by atoms with Gasteiger partial charge in [0.25, 0.3) is 11.8 Å². The van der Waals surface area contributed by atoms with Crippen molar-refractivity contribution in [1.82, 2.24) is 9.97 Å². The number of fused-ring (bicyclic) bond motifs is 1. The molecule has 4 rings (SSSR count). The number of hydrogen-bond acceptors (Lipinski definition) is 8. The lowest BCUT2D eigenvalue weighted by atomic mass is 9.85. The molecule has 0 saturated carbocycles. The molecule has 10 heteroatoms. The number of benzene rings is 2. The summed E-state index contributed by atoms with van der Waals surface area (Å²) in [7, 11) is 1.73. The normalized spacial score (nSPS) is 11.1. The molecule has 36 heavy (non-hydrogen) atoms. The molecule has 0 aliphatic heterocycles. The zero-order valence-electron chi connectivity index (χ0n) is 20.3. The van der Waals surface area contributed by atoms with Crippen LogP contribution in [0.5, 0.6) is 0 Å². The fourth-order valence-corrected chi connectivity index (χ4v) is 4.41. The van der Waals surface area contributed by atoms with E-state index in [1.54, 1.807) is 63.5 Å². The number of carbonyl (C=O) groups is 2. The highest BCUT2D eigenvalue weighted by Gasteiger charge is 2.22. The van der Waals surface area contributed by atoms with E-state index in [-0.39, 0.29) is 17.5 Å². The number of nitriles is 1. The SMILES string of the molecule is CNc1cnc2sc(C(=O)Nc3cc(NC(=O)c4cccc(C(C)(C)C#N)c4)ccc3C)c(N)c2n1. The maximum absolute atomic E-state index is 13.1. The van der Waals surface area contributed by atoms with E-state index >= 15 is 0 Å². The zero-order chi connectivity index (χ0) is 26.0. The molecule has 2 aromatic heterocycles. The molecule has 0 atom stereocenters. The van der Waals surface area contributed by atoms with Crippen molar-refractivity contribution in [2.75, 3.05) is 28.7 Å². The number of hydrogen-bond donors (Lipinski definition) is 4. The highest BCUT2D eigenvalue weighted by molar-refractivity contribution is 7.21. The van der Waals surface area contributed by atoms with E-state index in [1.165, 1.54) is 0 Å². The minimum atomic E-state index is -0.717. The molecule has 2 heterocycles. The van der Waals surface area contributed by atoms with Crippen LogP contribution in [0.2, 0.25) is 0 Å². The Hall–Kier alpha value is -4.49. The molecule has 0 unspecified atom stereocenters. The van der Waals surface area contributed by atoms with Crippen molar-refractivity contribution >= 4 is 56.4 Å². The highest BCUT2D eigenvalue weighted by Crippen LogP contribution is 2.33. The molecule has 4 aromatic rings. The molecule has 182 valence electrons. The zero-order valence-corrected chi connectivity index (χ0v) is 21.1. The predicted molar refractivity (Wildman–Crippen MR) is 144 cm³/mol. The third-order valence-corrected chi connectivity index (χ3v) is 6.87. The molecule has 0 radical (unpaired) electrons. The minimum absolute atomic E-state index is 0.263. The van der Waals surface area contributed by atoms with E-state index in [9.17, 15) is 14.9 Å². The van der Waals surface area contributed by atoms with Crippen molar-refractivity contribution < 1.29 is 9.59 Å². The molecule has 0 aliphatic rings. The second kappa shape index (κ2) is 9.64. The minimum Gasteiger partial charge on any atom is -0.396 e. The van der Waals surface area contributed by atoms with Crippen LogP contribution >= 0.6 is 11.3 Å². The molecule has 2 amide bonds. The van der Waals surface area contributed by atoms with E-state index < -0.39 is 5.41 Å². The van der Waals surface area contributed by atoms with Gasteiger partial charge in [0.2, 0.25) is 0 Å². The van der Waals surface area contributed by atoms with Crippen molar-refractivity contribution in [3.8, 4) is 6.07 Å². The highest BCUT2D eigenvalue weighted by atomic mass is 32.1. The van der Waals surface area contributed by atoms with Gasteiger partial charge in [-0.15, -0.1) is 11.3 Å². The lowest BCUT2D eigenvalue weighted by molar-refractivity contribution is 0.102. The summed E-state index contributed by atoms with van der Waals surface area (Å²) in [5, 5.41) is 18.0. The smallest absolute Gasteiger partial charge is 0.268 e. The van der Waals surface area contributed by atoms with E-state index in [2.05, 4.69) is 32.0 Å². The standard InChI is InChI=1S/C26H25N7O2S/c1-14-8-9-17(31-23(34)15-6-5-7-16(10-15)26(2,3)13-27)11-18(14)32-24(35)22-20(28)21-25(36-22)30-12-19(29-4)33-21/h5-12H,28H2,1-4H3,(H,29,33)(H,31,34)(H,32,35). The summed E-state index contributed by atoms with van der Waals surface area (Å²) in [5.74, 6) is -0.153. The summed E-state index contributed by atoms with van der Waals surface area (Å²) in [6, 6.07) is 14.5. The molecule has 5 N–H and O–H groups in total. The summed E-state index contributed by atoms with van der Waals surface area (Å²) < 4.78 is 0. The number of nitrogens with zero attached hydrogens (tertiary/aromatic N) is 3. The average Bonchev–Trinajstić information content (AvgIpc) is 3.21. The molecule has 0 aliphatic carbocycles. The van der Waals surface area contributed by atoms with E-state index in [0.717, 1.165) is 22.5 Å². The first-order chi connectivity index (χ1) is 17.1. The predicted octanol–water partition coefficient (Wildman–Crippen LogP) is 4.93. The first-order valence-electron chi connectivity index (χ1n) is 11.1. The second-order valence-corrected chi connectivity index (χ2v) is 9.76. The number of aromatic nitrogens is 2. The van der Waals surface area contributed by atoms with E-state index in [0.29, 0.717) is 38.0 Å². The van der Waals surface area contributed by atoms with Crippen molar-refractivity contribution in [3.63, 3.8) is 0 Å². The van der Waals surface area contributed by atoms with Gasteiger partial charge in [-0.05, 0) is 56.2 Å². The molecule has 0 spiro atoms. The number of nitrogens with two attached hydrogens (primary N) is 1. The van der Waals surface area contributed by atoms with Gasteiger partial charge in [0.15, 0.2) is 0 Å².